The van der Waals surface area contributed by atoms with E-state index in [0.717, 1.165) is 6.61 Å². The van der Waals surface area contributed by atoms with Gasteiger partial charge in [0.15, 0.2) is 0 Å². The van der Waals surface area contributed by atoms with E-state index in [1.807, 2.05) is 19.1 Å². The fourth-order valence-electron chi connectivity index (χ4n) is 0.192. The summed E-state index contributed by atoms with van der Waals surface area (Å²) in [6, 6.07) is 0. The van der Waals surface area contributed by atoms with Crippen LogP contribution in [0.3, 0.4) is 0 Å². The van der Waals surface area contributed by atoms with E-state index < -0.39 is 0 Å². The molecule has 0 rings (SSSR count). The normalized spacial score (nSPS) is 4.24. The van der Waals surface area contributed by atoms with Gasteiger partial charge in [-0.3, -0.25) is 0 Å². The van der Waals surface area contributed by atoms with Gasteiger partial charge in [-0.1, -0.05) is 12.2 Å². The molecule has 0 unspecified atom stereocenters. The summed E-state index contributed by atoms with van der Waals surface area (Å²) in [5, 5.41) is 0. The molecule has 0 radical (unpaired) electrons. The molecule has 0 atom stereocenters. The Hall–Kier alpha value is -1.07. The van der Waals surface area contributed by atoms with Crippen LogP contribution in [-0.4, -0.2) is 13.7 Å². The predicted octanol–water partition coefficient (Wildman–Crippen LogP) is 1.02. The van der Waals surface area contributed by atoms with Crippen molar-refractivity contribution in [2.24, 2.45) is 0 Å². The van der Waals surface area contributed by atoms with E-state index in [1.54, 1.807) is 7.11 Å². The van der Waals surface area contributed by atoms with Crippen molar-refractivity contribution in [3.05, 3.63) is 45.4 Å². The average molecular weight is 278 g/mol. The van der Waals surface area contributed by atoms with Crippen molar-refractivity contribution in [3.8, 4) is 0 Å². The minimum Gasteiger partial charge on any atom is 0 e. The molecule has 6 nitrogen and oxygen atoms in total. The number of hydrogen-bond acceptors (Lipinski definition) is 1. The van der Waals surface area contributed by atoms with Crippen LogP contribution in [0, 0.1) is 33.3 Å². The maximum Gasteiger partial charge on any atom is 0 e. The standard InChI is InChI=1S/C5H10O.5CO.Cr/c1-3-4-5-6-2;5*1-2;/h3-4H,5H2,1-2H3;;;;;;/b4-3+;;;;;;. The maximum atomic E-state index is 7.50. The molecule has 0 aliphatic rings. The SMILES string of the molecule is C/C=C/COC.[C-]#[O+].[C-]#[O+].[C-]#[O+].[C-]#[O+].[C-]#[O+].[Cr]. The second-order valence-electron chi connectivity index (χ2n) is 1.02. The molecule has 0 aliphatic carbocycles. The summed E-state index contributed by atoms with van der Waals surface area (Å²) in [5.74, 6) is 0. The van der Waals surface area contributed by atoms with Crippen LogP contribution in [0.25, 0.3) is 0 Å². The van der Waals surface area contributed by atoms with E-state index in [-0.39, 0.29) is 17.4 Å². The third-order valence-electron chi connectivity index (χ3n) is 0.499. The van der Waals surface area contributed by atoms with Crippen molar-refractivity contribution in [1.82, 2.24) is 0 Å². The second kappa shape index (κ2) is 337. The molecule has 0 spiro atoms. The molecular formula is C10H10CrO6. The van der Waals surface area contributed by atoms with Crippen LogP contribution in [0.5, 0.6) is 0 Å². The third kappa shape index (κ3) is 669. The summed E-state index contributed by atoms with van der Waals surface area (Å²) in [4.78, 5) is 0. The molecule has 0 aliphatic heterocycles. The van der Waals surface area contributed by atoms with E-state index in [9.17, 15) is 0 Å². The number of allylic oxidation sites excluding steroid dienone is 1. The van der Waals surface area contributed by atoms with E-state index in [4.69, 9.17) is 28.0 Å². The number of hydrogen-bond donors (Lipinski definition) is 0. The Kier molecular flexibility index (Phi) is 883. The molecule has 0 N–H and O–H groups in total. The fraction of sp³-hybridized carbons (Fsp3) is 0.300. The van der Waals surface area contributed by atoms with Crippen LogP contribution < -0.4 is 0 Å². The van der Waals surface area contributed by atoms with Crippen molar-refractivity contribution in [3.63, 3.8) is 0 Å². The molecular weight excluding hydrogens is 268 g/mol. The van der Waals surface area contributed by atoms with Crippen LogP contribution in [0.1, 0.15) is 6.92 Å². The van der Waals surface area contributed by atoms with Crippen LogP contribution in [0.2, 0.25) is 0 Å². The average Bonchev–Trinajstić information content (AvgIpc) is 2.47. The quantitative estimate of drug-likeness (QED) is 0.419. The van der Waals surface area contributed by atoms with Crippen molar-refractivity contribution >= 4 is 0 Å². The van der Waals surface area contributed by atoms with E-state index in [1.165, 1.54) is 0 Å². The van der Waals surface area contributed by atoms with Gasteiger partial charge in [-0.05, 0) is 6.92 Å². The number of ether oxygens (including phenoxy) is 1. The van der Waals surface area contributed by atoms with Crippen LogP contribution in [0.4, 0.5) is 0 Å². The Labute approximate surface area is 112 Å². The van der Waals surface area contributed by atoms with Gasteiger partial charge in [-0.2, -0.15) is 0 Å². The molecule has 0 aromatic heterocycles. The molecule has 0 bridgehead atoms. The first-order valence-corrected chi connectivity index (χ1v) is 3.04. The van der Waals surface area contributed by atoms with Crippen LogP contribution in [0.15, 0.2) is 12.2 Å². The summed E-state index contributed by atoms with van der Waals surface area (Å²) in [7, 11) is 1.68. The minimum atomic E-state index is 0. The van der Waals surface area contributed by atoms with Gasteiger partial charge in [0.1, 0.15) is 0 Å². The molecule has 0 aromatic rings. The van der Waals surface area contributed by atoms with Gasteiger partial charge in [-0.25, -0.2) is 0 Å². The van der Waals surface area contributed by atoms with Crippen molar-refractivity contribution < 1.29 is 45.4 Å². The zero-order valence-corrected chi connectivity index (χ0v) is 10.5. The molecule has 0 fully saturated rings. The first-order chi connectivity index (χ1) is 7.91. The van der Waals surface area contributed by atoms with Gasteiger partial charge in [0.2, 0.25) is 0 Å². The smallest absolute Gasteiger partial charge is 0 e. The Balaban J connectivity index is -0.0000000158. The maximum absolute atomic E-state index is 7.50. The zero-order chi connectivity index (χ0) is 14.8. The van der Waals surface area contributed by atoms with Crippen molar-refractivity contribution in [2.45, 2.75) is 6.92 Å². The van der Waals surface area contributed by atoms with Crippen LogP contribution in [-0.2, 0) is 45.4 Å². The molecule has 0 aromatic carbocycles. The van der Waals surface area contributed by atoms with E-state index in [0.29, 0.717) is 0 Å². The summed E-state index contributed by atoms with van der Waals surface area (Å²) in [6.07, 6.45) is 3.92. The summed E-state index contributed by atoms with van der Waals surface area (Å²) < 4.78 is 42.2. The summed E-state index contributed by atoms with van der Waals surface area (Å²) >= 11 is 0. The first kappa shape index (κ1) is 44.5. The Morgan fingerprint density at radius 2 is 1.06 bits per heavy atom. The van der Waals surface area contributed by atoms with Gasteiger partial charge in [0, 0.05) is 24.5 Å². The monoisotopic (exact) mass is 278 g/mol. The largest absolute Gasteiger partial charge is 0 e. The Bertz CT molecular complexity index is 154. The minimum absolute atomic E-state index is 0. The predicted molar refractivity (Wildman–Crippen MR) is 46.3 cm³/mol. The molecule has 17 heavy (non-hydrogen) atoms. The Morgan fingerprint density at radius 1 is 0.824 bits per heavy atom. The van der Waals surface area contributed by atoms with Gasteiger partial charge < -0.3 is 4.74 Å². The van der Waals surface area contributed by atoms with E-state index in [2.05, 4.69) is 33.3 Å². The number of rotatable bonds is 2. The molecule has 0 heterocycles. The summed E-state index contributed by atoms with van der Waals surface area (Å²) in [6.45, 7) is 25.2. The molecule has 0 saturated heterocycles. The second-order valence-corrected chi connectivity index (χ2v) is 1.02. The number of methoxy groups -OCH3 is 1. The molecule has 7 heteroatoms. The van der Waals surface area contributed by atoms with Gasteiger partial charge in [-0.15, -0.1) is 0 Å². The van der Waals surface area contributed by atoms with Crippen molar-refractivity contribution in [1.29, 1.82) is 0 Å². The molecule has 0 saturated carbocycles. The summed E-state index contributed by atoms with van der Waals surface area (Å²) in [5.41, 5.74) is 0. The molecule has 92 valence electrons. The van der Waals surface area contributed by atoms with E-state index >= 15 is 0 Å². The topological polar surface area (TPSA) is 109 Å². The third-order valence-corrected chi connectivity index (χ3v) is 0.499. The van der Waals surface area contributed by atoms with Gasteiger partial charge in [0.25, 0.3) is 0 Å². The van der Waals surface area contributed by atoms with Gasteiger partial charge in [0.05, 0.1) is 6.61 Å². The Morgan fingerprint density at radius 3 is 1.12 bits per heavy atom. The molecule has 0 amide bonds. The fourth-order valence-corrected chi connectivity index (χ4v) is 0.192. The first-order valence-electron chi connectivity index (χ1n) is 3.04. The van der Waals surface area contributed by atoms with Crippen molar-refractivity contribution in [2.75, 3.05) is 13.7 Å². The van der Waals surface area contributed by atoms with Crippen LogP contribution >= 0.6 is 0 Å². The zero-order valence-electron chi connectivity index (χ0n) is 9.22. The van der Waals surface area contributed by atoms with Gasteiger partial charge >= 0.3 is 56.5 Å².